The Hall–Kier alpha value is -1.89. The highest BCUT2D eigenvalue weighted by atomic mass is 32.2. The van der Waals surface area contributed by atoms with E-state index in [0.29, 0.717) is 24.5 Å². The van der Waals surface area contributed by atoms with Crippen LogP contribution in [0, 0.1) is 6.92 Å². The predicted molar refractivity (Wildman–Crippen MR) is 91.1 cm³/mol. The van der Waals surface area contributed by atoms with Crippen LogP contribution >= 0.6 is 0 Å². The maximum absolute atomic E-state index is 12.1. The summed E-state index contributed by atoms with van der Waals surface area (Å²) in [6.07, 6.45) is 0. The maximum Gasteiger partial charge on any atom is 0.240 e. The van der Waals surface area contributed by atoms with Crippen molar-refractivity contribution in [1.82, 2.24) is 10.0 Å². The van der Waals surface area contributed by atoms with Gasteiger partial charge < -0.3 is 10.1 Å². The summed E-state index contributed by atoms with van der Waals surface area (Å²) in [4.78, 5) is 0.290. The van der Waals surface area contributed by atoms with E-state index in [4.69, 9.17) is 4.74 Å². The van der Waals surface area contributed by atoms with Crippen molar-refractivity contribution in [3.63, 3.8) is 0 Å². The van der Waals surface area contributed by atoms with Gasteiger partial charge in [-0.2, -0.15) is 0 Å². The summed E-state index contributed by atoms with van der Waals surface area (Å²) in [5, 5.41) is 3.20. The number of ether oxygens (including phenoxy) is 1. The second-order valence-corrected chi connectivity index (χ2v) is 7.00. The first kappa shape index (κ1) is 17.5. The minimum Gasteiger partial charge on any atom is -0.497 e. The Morgan fingerprint density at radius 1 is 0.957 bits per heavy atom. The minimum atomic E-state index is -3.44. The number of nitrogens with one attached hydrogen (secondary N) is 2. The van der Waals surface area contributed by atoms with Crippen LogP contribution in [0.5, 0.6) is 5.75 Å². The van der Waals surface area contributed by atoms with Gasteiger partial charge in [0, 0.05) is 19.6 Å². The second kappa shape index (κ2) is 8.10. The van der Waals surface area contributed by atoms with Gasteiger partial charge in [0.1, 0.15) is 5.75 Å². The normalized spacial score (nSPS) is 11.4. The topological polar surface area (TPSA) is 67.4 Å². The molecule has 2 rings (SSSR count). The predicted octanol–water partition coefficient (Wildman–Crippen LogP) is 2.07. The summed E-state index contributed by atoms with van der Waals surface area (Å²) in [6.45, 7) is 3.49. The van der Waals surface area contributed by atoms with E-state index in [9.17, 15) is 8.42 Å². The third-order valence-electron chi connectivity index (χ3n) is 3.41. The molecule has 23 heavy (non-hydrogen) atoms. The molecule has 0 saturated heterocycles. The number of benzene rings is 2. The lowest BCUT2D eigenvalue weighted by molar-refractivity contribution is 0.414. The molecule has 0 bridgehead atoms. The Labute approximate surface area is 137 Å². The molecule has 0 fully saturated rings. The van der Waals surface area contributed by atoms with Crippen molar-refractivity contribution in [3.05, 3.63) is 59.7 Å². The van der Waals surface area contributed by atoms with Gasteiger partial charge in [-0.05, 0) is 36.8 Å². The van der Waals surface area contributed by atoms with Crippen molar-refractivity contribution in [1.29, 1.82) is 0 Å². The molecule has 124 valence electrons. The average molecular weight is 334 g/mol. The molecule has 0 aliphatic rings. The molecule has 0 amide bonds. The van der Waals surface area contributed by atoms with Crippen LogP contribution < -0.4 is 14.8 Å². The van der Waals surface area contributed by atoms with Crippen LogP contribution in [-0.2, 0) is 16.6 Å². The average Bonchev–Trinajstić information content (AvgIpc) is 2.55. The van der Waals surface area contributed by atoms with Gasteiger partial charge in [0.25, 0.3) is 0 Å². The van der Waals surface area contributed by atoms with Crippen molar-refractivity contribution in [2.45, 2.75) is 18.4 Å². The highest BCUT2D eigenvalue weighted by Gasteiger charge is 2.12. The van der Waals surface area contributed by atoms with E-state index >= 15 is 0 Å². The van der Waals surface area contributed by atoms with Crippen molar-refractivity contribution >= 4 is 10.0 Å². The summed E-state index contributed by atoms with van der Waals surface area (Å²) in [6, 6.07) is 14.6. The van der Waals surface area contributed by atoms with Gasteiger partial charge in [0.2, 0.25) is 10.0 Å². The molecule has 0 atom stereocenters. The van der Waals surface area contributed by atoms with Gasteiger partial charge in [-0.25, -0.2) is 13.1 Å². The summed E-state index contributed by atoms with van der Waals surface area (Å²) < 4.78 is 31.9. The second-order valence-electron chi connectivity index (χ2n) is 5.24. The van der Waals surface area contributed by atoms with Crippen molar-refractivity contribution in [2.24, 2.45) is 0 Å². The van der Waals surface area contributed by atoms with Crippen LogP contribution in [0.3, 0.4) is 0 Å². The maximum atomic E-state index is 12.1. The number of hydrogen-bond donors (Lipinski definition) is 2. The van der Waals surface area contributed by atoms with E-state index in [-0.39, 0.29) is 0 Å². The quantitative estimate of drug-likeness (QED) is 0.725. The molecule has 6 heteroatoms. The zero-order valence-electron chi connectivity index (χ0n) is 13.4. The van der Waals surface area contributed by atoms with Gasteiger partial charge in [-0.15, -0.1) is 0 Å². The molecule has 0 heterocycles. The molecule has 5 nitrogen and oxygen atoms in total. The van der Waals surface area contributed by atoms with Gasteiger partial charge in [-0.1, -0.05) is 29.8 Å². The number of aryl methyl sites for hydroxylation is 1. The smallest absolute Gasteiger partial charge is 0.240 e. The molecule has 2 aromatic carbocycles. The third kappa shape index (κ3) is 5.35. The fourth-order valence-corrected chi connectivity index (χ4v) is 3.08. The molecule has 0 spiro atoms. The van der Waals surface area contributed by atoms with Crippen LogP contribution in [0.1, 0.15) is 11.1 Å². The fourth-order valence-electron chi connectivity index (χ4n) is 2.05. The van der Waals surface area contributed by atoms with E-state index in [2.05, 4.69) is 10.0 Å². The molecule has 0 aliphatic carbocycles. The Bertz CT molecular complexity index is 711. The lowest BCUT2D eigenvalue weighted by atomic mass is 10.2. The van der Waals surface area contributed by atoms with Crippen LogP contribution in [0.15, 0.2) is 53.4 Å². The first-order valence-corrected chi connectivity index (χ1v) is 8.89. The van der Waals surface area contributed by atoms with E-state index in [1.807, 2.05) is 31.2 Å². The Morgan fingerprint density at radius 3 is 2.22 bits per heavy atom. The van der Waals surface area contributed by atoms with Crippen molar-refractivity contribution < 1.29 is 13.2 Å². The van der Waals surface area contributed by atoms with Crippen LogP contribution in [-0.4, -0.2) is 28.6 Å². The van der Waals surface area contributed by atoms with E-state index in [0.717, 1.165) is 16.9 Å². The highest BCUT2D eigenvalue weighted by molar-refractivity contribution is 7.89. The van der Waals surface area contributed by atoms with E-state index in [1.54, 1.807) is 31.4 Å². The summed E-state index contributed by atoms with van der Waals surface area (Å²) in [7, 11) is -1.81. The van der Waals surface area contributed by atoms with Crippen LogP contribution in [0.2, 0.25) is 0 Å². The third-order valence-corrected chi connectivity index (χ3v) is 4.89. The van der Waals surface area contributed by atoms with Crippen LogP contribution in [0.4, 0.5) is 0 Å². The molecule has 0 radical (unpaired) electrons. The molecule has 2 N–H and O–H groups in total. The van der Waals surface area contributed by atoms with E-state index < -0.39 is 10.0 Å². The monoisotopic (exact) mass is 334 g/mol. The lowest BCUT2D eigenvalue weighted by Gasteiger charge is -2.08. The summed E-state index contributed by atoms with van der Waals surface area (Å²) in [5.41, 5.74) is 2.15. The van der Waals surface area contributed by atoms with Gasteiger partial charge in [-0.3, -0.25) is 0 Å². The Morgan fingerprint density at radius 2 is 1.61 bits per heavy atom. The van der Waals surface area contributed by atoms with Gasteiger partial charge >= 0.3 is 0 Å². The molecular weight excluding hydrogens is 312 g/mol. The lowest BCUT2D eigenvalue weighted by Crippen LogP contribution is -2.31. The first-order valence-electron chi connectivity index (χ1n) is 7.41. The number of hydrogen-bond acceptors (Lipinski definition) is 4. The Kier molecular flexibility index (Phi) is 6.15. The molecule has 0 aliphatic heterocycles. The summed E-state index contributed by atoms with van der Waals surface area (Å²) >= 11 is 0. The standard InChI is InChI=1S/C17H22N2O3S/c1-14-3-9-17(10-4-14)23(20,21)19-12-11-18-13-15-5-7-16(22-2)8-6-15/h3-10,18-19H,11-13H2,1-2H3. The number of sulfonamides is 1. The SMILES string of the molecule is COc1ccc(CNCCNS(=O)(=O)c2ccc(C)cc2)cc1. The molecule has 0 unspecified atom stereocenters. The van der Waals surface area contributed by atoms with Crippen LogP contribution in [0.25, 0.3) is 0 Å². The Balaban J connectivity index is 1.75. The fraction of sp³-hybridized carbons (Fsp3) is 0.294. The molecule has 0 saturated carbocycles. The zero-order chi connectivity index (χ0) is 16.7. The van der Waals surface area contributed by atoms with Crippen molar-refractivity contribution in [3.8, 4) is 5.75 Å². The number of rotatable bonds is 8. The van der Waals surface area contributed by atoms with Crippen molar-refractivity contribution in [2.75, 3.05) is 20.2 Å². The largest absolute Gasteiger partial charge is 0.497 e. The first-order chi connectivity index (χ1) is 11.0. The summed E-state index contributed by atoms with van der Waals surface area (Å²) in [5.74, 6) is 0.819. The highest BCUT2D eigenvalue weighted by Crippen LogP contribution is 2.11. The van der Waals surface area contributed by atoms with Gasteiger partial charge in [0.05, 0.1) is 12.0 Å². The zero-order valence-corrected chi connectivity index (χ0v) is 14.2. The molecular formula is C17H22N2O3S. The van der Waals surface area contributed by atoms with E-state index in [1.165, 1.54) is 0 Å². The molecule has 0 aromatic heterocycles. The van der Waals surface area contributed by atoms with Gasteiger partial charge in [0.15, 0.2) is 0 Å². The number of methoxy groups -OCH3 is 1. The minimum absolute atomic E-state index is 0.290. The molecule has 2 aromatic rings.